The molecule has 0 fully saturated rings. The van der Waals surface area contributed by atoms with Crippen molar-refractivity contribution in [3.05, 3.63) is 116 Å². The monoisotopic (exact) mass is 507 g/mol. The highest BCUT2D eigenvalue weighted by atomic mass is 35.5. The summed E-state index contributed by atoms with van der Waals surface area (Å²) in [5.74, 6) is -0.984. The summed E-state index contributed by atoms with van der Waals surface area (Å²) in [7, 11) is 0. The van der Waals surface area contributed by atoms with Crippen LogP contribution in [0.25, 0.3) is 17.0 Å². The maximum Gasteiger partial charge on any atom is 0.349 e. The van der Waals surface area contributed by atoms with Gasteiger partial charge in [-0.2, -0.15) is 0 Å². The highest BCUT2D eigenvalue weighted by molar-refractivity contribution is 6.35. The molecule has 35 heavy (non-hydrogen) atoms. The highest BCUT2D eigenvalue weighted by Gasteiger charge is 2.14. The van der Waals surface area contributed by atoms with Crippen LogP contribution in [0.3, 0.4) is 0 Å². The fraction of sp³-hybridized carbons (Fsp3) is 0.0741. The summed E-state index contributed by atoms with van der Waals surface area (Å²) in [6.07, 6.45) is 3.36. The van der Waals surface area contributed by atoms with Gasteiger partial charge in [-0.25, -0.2) is 9.59 Å². The zero-order chi connectivity index (χ0) is 24.8. The molecule has 176 valence electrons. The minimum Gasteiger partial charge on any atom is -0.423 e. The molecule has 0 bridgehead atoms. The smallest absolute Gasteiger partial charge is 0.349 e. The second-order valence-corrected chi connectivity index (χ2v) is 8.40. The number of ether oxygens (including phenoxy) is 1. The van der Waals surface area contributed by atoms with Crippen molar-refractivity contribution in [2.75, 3.05) is 6.54 Å². The summed E-state index contributed by atoms with van der Waals surface area (Å²) in [6, 6.07) is 20.6. The van der Waals surface area contributed by atoms with Gasteiger partial charge in [0.1, 0.15) is 16.9 Å². The molecule has 0 aliphatic carbocycles. The van der Waals surface area contributed by atoms with E-state index < -0.39 is 17.5 Å². The van der Waals surface area contributed by atoms with E-state index in [-0.39, 0.29) is 16.9 Å². The lowest BCUT2D eigenvalue weighted by Crippen LogP contribution is -2.29. The molecule has 0 atom stereocenters. The van der Waals surface area contributed by atoms with Crippen molar-refractivity contribution in [3.63, 3.8) is 0 Å². The largest absolute Gasteiger partial charge is 0.423 e. The van der Waals surface area contributed by atoms with Crippen LogP contribution in [0.5, 0.6) is 5.75 Å². The topological polar surface area (TPSA) is 85.6 Å². The molecule has 0 saturated heterocycles. The maximum absolute atomic E-state index is 12.5. The summed E-state index contributed by atoms with van der Waals surface area (Å²) >= 11 is 12.0. The summed E-state index contributed by atoms with van der Waals surface area (Å²) in [5.41, 5.74) is 0.984. The van der Waals surface area contributed by atoms with Crippen LogP contribution in [-0.4, -0.2) is 18.4 Å². The molecule has 6 nitrogen and oxygen atoms in total. The Labute approximate surface area is 210 Å². The zero-order valence-corrected chi connectivity index (χ0v) is 19.8. The van der Waals surface area contributed by atoms with Gasteiger partial charge in [-0.3, -0.25) is 4.79 Å². The van der Waals surface area contributed by atoms with E-state index in [1.54, 1.807) is 30.3 Å². The van der Waals surface area contributed by atoms with Crippen molar-refractivity contribution in [3.8, 4) is 5.75 Å². The number of amides is 1. The van der Waals surface area contributed by atoms with E-state index >= 15 is 0 Å². The van der Waals surface area contributed by atoms with Crippen LogP contribution >= 0.6 is 23.2 Å². The van der Waals surface area contributed by atoms with Crippen molar-refractivity contribution >= 4 is 52.1 Å². The average molecular weight is 508 g/mol. The van der Waals surface area contributed by atoms with Crippen molar-refractivity contribution < 1.29 is 18.7 Å². The fourth-order valence-corrected chi connectivity index (χ4v) is 3.79. The Morgan fingerprint density at radius 2 is 1.77 bits per heavy atom. The van der Waals surface area contributed by atoms with Crippen molar-refractivity contribution in [2.24, 2.45) is 0 Å². The molecule has 1 aromatic heterocycles. The van der Waals surface area contributed by atoms with E-state index in [1.165, 1.54) is 24.3 Å². The average Bonchev–Trinajstić information content (AvgIpc) is 2.83. The van der Waals surface area contributed by atoms with Gasteiger partial charge in [0.15, 0.2) is 0 Å². The molecule has 4 rings (SSSR count). The van der Waals surface area contributed by atoms with Crippen LogP contribution < -0.4 is 15.7 Å². The third kappa shape index (κ3) is 6.38. The number of nitrogens with one attached hydrogen (secondary N) is 1. The molecule has 8 heteroatoms. The Bertz CT molecular complexity index is 1480. The quantitative estimate of drug-likeness (QED) is 0.150. The molecule has 4 aromatic rings. The summed E-state index contributed by atoms with van der Waals surface area (Å²) in [4.78, 5) is 37.1. The van der Waals surface area contributed by atoms with Crippen LogP contribution in [0.15, 0.2) is 88.1 Å². The predicted octanol–water partition coefficient (Wildman–Crippen LogP) is 5.69. The molecule has 0 unspecified atom stereocenters. The van der Waals surface area contributed by atoms with E-state index in [4.69, 9.17) is 32.4 Å². The Hall–Kier alpha value is -3.87. The lowest BCUT2D eigenvalue weighted by atomic mass is 10.1. The lowest BCUT2D eigenvalue weighted by molar-refractivity contribution is -0.128. The number of halogens is 2. The number of carbonyl (C=O) groups excluding carboxylic acids is 2. The molecule has 0 spiro atoms. The molecule has 0 saturated carbocycles. The van der Waals surface area contributed by atoms with E-state index in [2.05, 4.69) is 5.32 Å². The Balaban J connectivity index is 1.42. The Morgan fingerprint density at radius 1 is 0.971 bits per heavy atom. The van der Waals surface area contributed by atoms with Gasteiger partial charge in [0.25, 0.3) is 5.91 Å². The highest BCUT2D eigenvalue weighted by Crippen LogP contribution is 2.23. The molecule has 3 aromatic carbocycles. The van der Waals surface area contributed by atoms with E-state index in [0.29, 0.717) is 34.0 Å². The number of hydrogen-bond donors (Lipinski definition) is 1. The van der Waals surface area contributed by atoms with Crippen LogP contribution in [0.1, 0.15) is 21.5 Å². The van der Waals surface area contributed by atoms with Gasteiger partial charge in [0.2, 0.25) is 0 Å². The molecule has 0 radical (unpaired) electrons. The van der Waals surface area contributed by atoms with E-state index in [1.807, 2.05) is 30.3 Å². The second kappa shape index (κ2) is 11.0. The lowest BCUT2D eigenvalue weighted by Gasteiger charge is -2.07. The van der Waals surface area contributed by atoms with Gasteiger partial charge in [-0.05, 0) is 54.0 Å². The molecular weight excluding hydrogens is 489 g/mol. The maximum atomic E-state index is 12.5. The molecule has 1 N–H and O–H groups in total. The number of benzene rings is 3. The molecular formula is C27H19Cl2NO5. The first-order chi connectivity index (χ1) is 16.9. The minimum atomic E-state index is -0.782. The van der Waals surface area contributed by atoms with Crippen LogP contribution in [0.4, 0.5) is 0 Å². The predicted molar refractivity (Wildman–Crippen MR) is 136 cm³/mol. The summed E-state index contributed by atoms with van der Waals surface area (Å²) in [5, 5.41) is 4.13. The molecule has 1 heterocycles. The first-order valence-corrected chi connectivity index (χ1v) is 11.4. The Kier molecular flexibility index (Phi) is 7.65. The third-order valence-corrected chi connectivity index (χ3v) is 5.64. The van der Waals surface area contributed by atoms with E-state index in [0.717, 1.165) is 5.56 Å². The summed E-state index contributed by atoms with van der Waals surface area (Å²) in [6.45, 7) is 0.379. The van der Waals surface area contributed by atoms with Crippen LogP contribution in [-0.2, 0) is 11.2 Å². The first-order valence-electron chi connectivity index (χ1n) is 10.6. The zero-order valence-electron chi connectivity index (χ0n) is 18.3. The molecule has 0 aliphatic heterocycles. The van der Waals surface area contributed by atoms with Gasteiger partial charge >= 0.3 is 11.6 Å². The number of hydrogen-bond acceptors (Lipinski definition) is 5. The van der Waals surface area contributed by atoms with Gasteiger partial charge in [-0.1, -0.05) is 59.6 Å². The van der Waals surface area contributed by atoms with Crippen molar-refractivity contribution in [2.45, 2.75) is 6.42 Å². The number of carbonyl (C=O) groups is 2. The van der Waals surface area contributed by atoms with Crippen molar-refractivity contribution in [1.29, 1.82) is 0 Å². The Morgan fingerprint density at radius 3 is 2.54 bits per heavy atom. The minimum absolute atomic E-state index is 0.0990. The number of fused-ring (bicyclic) bond motifs is 1. The van der Waals surface area contributed by atoms with Crippen LogP contribution in [0.2, 0.25) is 10.0 Å². The third-order valence-electron chi connectivity index (χ3n) is 5.07. The standard InChI is InChI=1S/C27H19Cl2NO5/c28-20-9-6-18(23(29)15-20)8-11-25(31)34-21-10-7-19-14-22(27(33)35-24(19)16-21)26(32)30-13-12-17-4-2-1-3-5-17/h1-11,14-16H,12-13H2,(H,30,32)/b11-8+. The molecule has 0 aliphatic rings. The van der Waals surface area contributed by atoms with Gasteiger partial charge in [0.05, 0.1) is 0 Å². The number of esters is 1. The van der Waals surface area contributed by atoms with Gasteiger partial charge in [-0.15, -0.1) is 0 Å². The normalized spacial score (nSPS) is 11.0. The first kappa shape index (κ1) is 24.3. The van der Waals surface area contributed by atoms with Crippen LogP contribution in [0, 0.1) is 0 Å². The summed E-state index contributed by atoms with van der Waals surface area (Å²) < 4.78 is 10.6. The van der Waals surface area contributed by atoms with Crippen molar-refractivity contribution in [1.82, 2.24) is 5.32 Å². The number of rotatable bonds is 7. The SMILES string of the molecule is O=C(/C=C/c1ccc(Cl)cc1Cl)Oc1ccc2cc(C(=O)NCCc3ccccc3)c(=O)oc2c1. The second-order valence-electron chi connectivity index (χ2n) is 7.56. The van der Waals surface area contributed by atoms with E-state index in [9.17, 15) is 14.4 Å². The van der Waals surface area contributed by atoms with Gasteiger partial charge < -0.3 is 14.5 Å². The molecule has 1 amide bonds. The fourth-order valence-electron chi connectivity index (χ4n) is 3.32. The van der Waals surface area contributed by atoms with Gasteiger partial charge in [0, 0.05) is 34.1 Å².